The van der Waals surface area contributed by atoms with E-state index in [1.54, 1.807) is 0 Å². The molecular formula is C20H26O4. The summed E-state index contributed by atoms with van der Waals surface area (Å²) in [6.07, 6.45) is 6.41. The molecule has 0 bridgehead atoms. The third-order valence-electron chi connectivity index (χ3n) is 4.34. The molecule has 4 heteroatoms. The summed E-state index contributed by atoms with van der Waals surface area (Å²) in [5.41, 5.74) is 0.944. The first-order valence-electron chi connectivity index (χ1n) is 8.70. The highest BCUT2D eigenvalue weighted by Gasteiger charge is 2.36. The summed E-state index contributed by atoms with van der Waals surface area (Å²) in [6, 6.07) is 9.60. The highest BCUT2D eigenvalue weighted by molar-refractivity contribution is 5.83. The van der Waals surface area contributed by atoms with Crippen LogP contribution in [-0.2, 0) is 19.1 Å². The van der Waals surface area contributed by atoms with E-state index in [1.807, 2.05) is 56.3 Å². The molecule has 0 spiro atoms. The average molecular weight is 330 g/mol. The van der Waals surface area contributed by atoms with Gasteiger partial charge in [0, 0.05) is 0 Å². The van der Waals surface area contributed by atoms with Crippen molar-refractivity contribution < 1.29 is 19.1 Å². The average Bonchev–Trinajstić information content (AvgIpc) is 2.62. The molecule has 0 aromatic heterocycles. The molecule has 0 saturated heterocycles. The van der Waals surface area contributed by atoms with Gasteiger partial charge in [0.15, 0.2) is 0 Å². The molecule has 1 aliphatic carbocycles. The third kappa shape index (κ3) is 4.95. The van der Waals surface area contributed by atoms with Crippen molar-refractivity contribution in [2.75, 3.05) is 6.61 Å². The lowest BCUT2D eigenvalue weighted by Crippen LogP contribution is -2.34. The Morgan fingerprint density at radius 1 is 1.08 bits per heavy atom. The largest absolute Gasteiger partial charge is 0.465 e. The van der Waals surface area contributed by atoms with Crippen LogP contribution in [0.3, 0.4) is 0 Å². The van der Waals surface area contributed by atoms with Gasteiger partial charge < -0.3 is 9.47 Å². The lowest BCUT2D eigenvalue weighted by molar-refractivity contribution is -0.164. The lowest BCUT2D eigenvalue weighted by Gasteiger charge is -2.26. The first kappa shape index (κ1) is 18.2. The first-order chi connectivity index (χ1) is 11.6. The zero-order valence-corrected chi connectivity index (χ0v) is 14.4. The number of allylic oxidation sites excluding steroid dienone is 2. The number of carbonyl (C=O) groups excluding carboxylic acids is 2. The van der Waals surface area contributed by atoms with Gasteiger partial charge in [-0.25, -0.2) is 0 Å². The maximum Gasteiger partial charge on any atom is 0.310 e. The van der Waals surface area contributed by atoms with Gasteiger partial charge in [0.25, 0.3) is 0 Å². The van der Waals surface area contributed by atoms with E-state index in [2.05, 4.69) is 0 Å². The van der Waals surface area contributed by atoms with Crippen LogP contribution in [0.1, 0.15) is 51.2 Å². The van der Waals surface area contributed by atoms with Gasteiger partial charge in [-0.15, -0.1) is 0 Å². The van der Waals surface area contributed by atoms with Crippen molar-refractivity contribution in [2.24, 2.45) is 11.8 Å². The van der Waals surface area contributed by atoms with Gasteiger partial charge >= 0.3 is 11.9 Å². The minimum Gasteiger partial charge on any atom is -0.465 e. The Balaban J connectivity index is 1.97. The second-order valence-electron chi connectivity index (χ2n) is 6.17. The van der Waals surface area contributed by atoms with E-state index in [0.717, 1.165) is 18.4 Å². The van der Waals surface area contributed by atoms with E-state index in [1.165, 1.54) is 0 Å². The smallest absolute Gasteiger partial charge is 0.310 e. The molecule has 1 aromatic carbocycles. The Labute approximate surface area is 143 Å². The van der Waals surface area contributed by atoms with E-state index in [4.69, 9.17) is 9.47 Å². The van der Waals surface area contributed by atoms with Gasteiger partial charge in [0.05, 0.1) is 18.4 Å². The summed E-state index contributed by atoms with van der Waals surface area (Å²) in [4.78, 5) is 24.8. The minimum atomic E-state index is -0.463. The van der Waals surface area contributed by atoms with E-state index in [-0.39, 0.29) is 18.0 Å². The Kier molecular flexibility index (Phi) is 7.04. The second kappa shape index (κ2) is 9.26. The molecule has 0 aliphatic heterocycles. The number of carbonyl (C=O) groups is 2. The van der Waals surface area contributed by atoms with Gasteiger partial charge in [-0.05, 0) is 31.7 Å². The number of unbranched alkanes of at least 4 members (excludes halogenated alkanes) is 1. The molecular weight excluding hydrogens is 304 g/mol. The highest BCUT2D eigenvalue weighted by atomic mass is 16.5. The summed E-state index contributed by atoms with van der Waals surface area (Å²) in [5.74, 6) is -1.52. The SMILES string of the molecule is CCCCOC(=O)C1CC=CCC1C(=O)OC(C)c1ccccc1. The summed E-state index contributed by atoms with van der Waals surface area (Å²) >= 11 is 0. The number of hydrogen-bond acceptors (Lipinski definition) is 4. The molecule has 0 heterocycles. The zero-order valence-electron chi connectivity index (χ0n) is 14.4. The molecule has 4 nitrogen and oxygen atoms in total. The summed E-state index contributed by atoms with van der Waals surface area (Å²) < 4.78 is 10.9. The molecule has 0 saturated carbocycles. The summed E-state index contributed by atoms with van der Waals surface area (Å²) in [5, 5.41) is 0. The van der Waals surface area contributed by atoms with Gasteiger partial charge in [-0.2, -0.15) is 0 Å². The fourth-order valence-electron chi connectivity index (χ4n) is 2.81. The molecule has 3 unspecified atom stereocenters. The van der Waals surface area contributed by atoms with Crippen molar-refractivity contribution >= 4 is 11.9 Å². The summed E-state index contributed by atoms with van der Waals surface area (Å²) in [7, 11) is 0. The van der Waals surface area contributed by atoms with Crippen molar-refractivity contribution in [3.63, 3.8) is 0 Å². The zero-order chi connectivity index (χ0) is 17.4. The van der Waals surface area contributed by atoms with E-state index in [9.17, 15) is 9.59 Å². The maximum absolute atomic E-state index is 12.6. The Morgan fingerprint density at radius 3 is 2.33 bits per heavy atom. The van der Waals surface area contributed by atoms with Gasteiger partial charge in [0.2, 0.25) is 0 Å². The van der Waals surface area contributed by atoms with Crippen LogP contribution in [0.4, 0.5) is 0 Å². The molecule has 2 rings (SSSR count). The first-order valence-corrected chi connectivity index (χ1v) is 8.70. The molecule has 0 fully saturated rings. The van der Waals surface area contributed by atoms with Gasteiger partial charge in [-0.1, -0.05) is 55.8 Å². The van der Waals surface area contributed by atoms with Crippen molar-refractivity contribution in [1.29, 1.82) is 0 Å². The molecule has 0 amide bonds. The summed E-state index contributed by atoms with van der Waals surface area (Å²) in [6.45, 7) is 4.31. The van der Waals surface area contributed by atoms with Crippen LogP contribution in [0.15, 0.2) is 42.5 Å². The molecule has 0 N–H and O–H groups in total. The van der Waals surface area contributed by atoms with Gasteiger partial charge in [-0.3, -0.25) is 9.59 Å². The number of hydrogen-bond donors (Lipinski definition) is 0. The van der Waals surface area contributed by atoms with Crippen LogP contribution in [0, 0.1) is 11.8 Å². The van der Waals surface area contributed by atoms with Crippen LogP contribution < -0.4 is 0 Å². The van der Waals surface area contributed by atoms with E-state index < -0.39 is 11.8 Å². The van der Waals surface area contributed by atoms with Crippen LogP contribution in [0.2, 0.25) is 0 Å². The Hall–Kier alpha value is -2.10. The molecule has 130 valence electrons. The lowest BCUT2D eigenvalue weighted by atomic mass is 9.83. The number of ether oxygens (including phenoxy) is 2. The second-order valence-corrected chi connectivity index (χ2v) is 6.17. The standard InChI is InChI=1S/C20H26O4/c1-3-4-14-23-19(21)17-12-8-9-13-18(17)20(22)24-15(2)16-10-6-5-7-11-16/h5-11,15,17-18H,3-4,12-14H2,1-2H3. The number of benzene rings is 1. The quantitative estimate of drug-likeness (QED) is 0.427. The fourth-order valence-corrected chi connectivity index (χ4v) is 2.81. The molecule has 1 aromatic rings. The molecule has 3 atom stereocenters. The van der Waals surface area contributed by atoms with Crippen LogP contribution in [-0.4, -0.2) is 18.5 Å². The topological polar surface area (TPSA) is 52.6 Å². The molecule has 0 radical (unpaired) electrons. The maximum atomic E-state index is 12.6. The van der Waals surface area contributed by atoms with Crippen molar-refractivity contribution in [1.82, 2.24) is 0 Å². The third-order valence-corrected chi connectivity index (χ3v) is 4.34. The van der Waals surface area contributed by atoms with E-state index in [0.29, 0.717) is 19.4 Å². The van der Waals surface area contributed by atoms with Crippen molar-refractivity contribution in [3.8, 4) is 0 Å². The predicted octanol–water partition coefficient (Wildman–Crippen LogP) is 4.22. The Morgan fingerprint density at radius 2 is 1.71 bits per heavy atom. The van der Waals surface area contributed by atoms with Crippen LogP contribution in [0.25, 0.3) is 0 Å². The predicted molar refractivity (Wildman–Crippen MR) is 92.2 cm³/mol. The monoisotopic (exact) mass is 330 g/mol. The van der Waals surface area contributed by atoms with Crippen molar-refractivity contribution in [2.45, 2.75) is 45.6 Å². The molecule has 1 aliphatic rings. The number of rotatable bonds is 7. The van der Waals surface area contributed by atoms with Crippen LogP contribution >= 0.6 is 0 Å². The minimum absolute atomic E-state index is 0.290. The van der Waals surface area contributed by atoms with Crippen molar-refractivity contribution in [3.05, 3.63) is 48.0 Å². The fraction of sp³-hybridized carbons (Fsp3) is 0.500. The van der Waals surface area contributed by atoms with Crippen LogP contribution in [0.5, 0.6) is 0 Å². The van der Waals surface area contributed by atoms with E-state index >= 15 is 0 Å². The normalized spacial score (nSPS) is 21.1. The number of esters is 2. The Bertz CT molecular complexity index is 564. The highest BCUT2D eigenvalue weighted by Crippen LogP contribution is 2.30. The molecule has 24 heavy (non-hydrogen) atoms. The van der Waals surface area contributed by atoms with Gasteiger partial charge in [0.1, 0.15) is 6.10 Å².